The number of unbranched alkanes of at least 4 members (excludes halogenated alkanes) is 14. The van der Waals surface area contributed by atoms with Crippen LogP contribution in [-0.2, 0) is 23.6 Å². The van der Waals surface area contributed by atoms with Crippen LogP contribution in [0.4, 0.5) is 0 Å². The number of pyridine rings is 1. The van der Waals surface area contributed by atoms with Crippen molar-refractivity contribution in [2.45, 2.75) is 110 Å². The maximum Gasteiger partial charge on any atom is 2.00 e. The number of hydrogen-bond donors (Lipinski definition) is 2. The molecule has 252 valence electrons. The number of rotatable bonds is 16. The molecule has 0 saturated carbocycles. The van der Waals surface area contributed by atoms with Crippen LogP contribution in [0.15, 0.2) is 79.1 Å². The van der Waals surface area contributed by atoms with Gasteiger partial charge in [0.2, 0.25) is 0 Å². The predicted octanol–water partition coefficient (Wildman–Crippen LogP) is 11.5. The van der Waals surface area contributed by atoms with Gasteiger partial charge in [0.1, 0.15) is 6.54 Å². The monoisotopic (exact) mass is 684 g/mol. The minimum absolute atomic E-state index is 0. The Morgan fingerprint density at radius 3 is 1.27 bits per heavy atom. The molecule has 2 aliphatic rings. The molecule has 0 amide bonds. The van der Waals surface area contributed by atoms with E-state index in [1.165, 1.54) is 103 Å². The Kier molecular flexibility index (Phi) is 16.4. The van der Waals surface area contributed by atoms with E-state index in [0.717, 1.165) is 44.8 Å². The van der Waals surface area contributed by atoms with Gasteiger partial charge in [-0.3, -0.25) is 0 Å². The molecule has 5 nitrogen and oxygen atoms in total. The molecular weight excluding hydrogens is 630 g/mol. The quantitative estimate of drug-likeness (QED) is 0.0606. The number of nitrogens with zero attached hydrogens (tertiary/aromatic N) is 3. The molecule has 4 aromatic rings. The Labute approximate surface area is 298 Å². The summed E-state index contributed by atoms with van der Waals surface area (Å²) in [5, 5.41) is 0. The number of aromatic amines is 2. The van der Waals surface area contributed by atoms with Gasteiger partial charge in [0.25, 0.3) is 0 Å². The summed E-state index contributed by atoms with van der Waals surface area (Å²) in [7, 11) is 0. The maximum atomic E-state index is 4.62. The first-order valence-corrected chi connectivity index (χ1v) is 18.2. The minimum Gasteiger partial charge on any atom is -0.355 e. The van der Waals surface area contributed by atoms with Crippen molar-refractivity contribution < 1.29 is 21.6 Å². The van der Waals surface area contributed by atoms with Crippen LogP contribution < -0.4 is 4.57 Å². The molecule has 0 fully saturated rings. The molecule has 8 bridgehead atoms. The summed E-state index contributed by atoms with van der Waals surface area (Å²) in [5.41, 5.74) is 7.86. The van der Waals surface area contributed by atoms with E-state index < -0.39 is 0 Å². The van der Waals surface area contributed by atoms with Crippen LogP contribution >= 0.6 is 0 Å². The average molecular weight is 685 g/mol. The molecule has 0 aromatic carbocycles. The zero-order valence-electron chi connectivity index (χ0n) is 28.8. The zero-order chi connectivity index (χ0) is 32.4. The van der Waals surface area contributed by atoms with Gasteiger partial charge in [0, 0.05) is 40.6 Å². The molecule has 0 aliphatic carbocycles. The van der Waals surface area contributed by atoms with Crippen LogP contribution in [0.3, 0.4) is 0 Å². The molecule has 4 aromatic heterocycles. The van der Waals surface area contributed by atoms with E-state index in [2.05, 4.69) is 92.4 Å². The van der Waals surface area contributed by atoms with Crippen LogP contribution in [-0.4, -0.2) is 19.9 Å². The molecule has 0 spiro atoms. The Morgan fingerprint density at radius 1 is 0.458 bits per heavy atom. The van der Waals surface area contributed by atoms with Crippen molar-refractivity contribution in [3.05, 3.63) is 102 Å². The van der Waals surface area contributed by atoms with Crippen molar-refractivity contribution in [2.75, 3.05) is 0 Å². The second kappa shape index (κ2) is 21.3. The Morgan fingerprint density at radius 2 is 0.833 bits per heavy atom. The smallest absolute Gasteiger partial charge is 0.355 e. The number of nitrogens with one attached hydrogen (secondary N) is 2. The van der Waals surface area contributed by atoms with Gasteiger partial charge in [0.05, 0.1) is 22.8 Å². The van der Waals surface area contributed by atoms with E-state index in [4.69, 9.17) is 0 Å². The summed E-state index contributed by atoms with van der Waals surface area (Å²) >= 11 is 0. The number of H-pyrrole nitrogens is 2. The molecule has 6 heteroatoms. The van der Waals surface area contributed by atoms with Crippen LogP contribution in [0.5, 0.6) is 0 Å². The van der Waals surface area contributed by atoms with Crippen molar-refractivity contribution >= 4 is 46.4 Å². The van der Waals surface area contributed by atoms with Gasteiger partial charge in [-0.2, -0.15) is 0 Å². The summed E-state index contributed by atoms with van der Waals surface area (Å²) in [6.07, 6.45) is 34.0. The van der Waals surface area contributed by atoms with Crippen LogP contribution in [0, 0.1) is 0 Å². The molecule has 0 radical (unpaired) electrons. The van der Waals surface area contributed by atoms with E-state index in [9.17, 15) is 0 Å². The molecule has 2 aliphatic heterocycles. The summed E-state index contributed by atoms with van der Waals surface area (Å²) in [6, 6.07) is 22.7. The Balaban J connectivity index is 0.000000213. The van der Waals surface area contributed by atoms with Crippen LogP contribution in [0.25, 0.3) is 46.4 Å². The molecule has 0 atom stereocenters. The summed E-state index contributed by atoms with van der Waals surface area (Å²) in [6.45, 7) is 3.47. The molecule has 48 heavy (non-hydrogen) atoms. The van der Waals surface area contributed by atoms with Gasteiger partial charge >= 0.3 is 17.1 Å². The topological polar surface area (TPSA) is 61.2 Å². The first-order valence-electron chi connectivity index (χ1n) is 18.2. The summed E-state index contributed by atoms with van der Waals surface area (Å²) < 4.78 is 2.29. The molecule has 6 rings (SSSR count). The molecule has 2 N–H and O–H groups in total. The van der Waals surface area contributed by atoms with Crippen molar-refractivity contribution in [2.24, 2.45) is 0 Å². The molecule has 0 saturated heterocycles. The Bertz CT molecular complexity index is 1630. The number of aromatic nitrogens is 5. The summed E-state index contributed by atoms with van der Waals surface area (Å²) in [4.78, 5) is 16.0. The largest absolute Gasteiger partial charge is 2.00 e. The molecule has 6 heterocycles. The van der Waals surface area contributed by atoms with Gasteiger partial charge in [-0.05, 0) is 79.3 Å². The van der Waals surface area contributed by atoms with Gasteiger partial charge in [-0.15, -0.1) is 0 Å². The van der Waals surface area contributed by atoms with Gasteiger partial charge in [0.15, 0.2) is 12.4 Å². The average Bonchev–Trinajstić information content (AvgIpc) is 3.91. The third-order valence-electron chi connectivity index (χ3n) is 8.84. The number of aryl methyl sites for hydroxylation is 1. The van der Waals surface area contributed by atoms with Gasteiger partial charge in [-0.25, -0.2) is 14.5 Å². The zero-order valence-corrected chi connectivity index (χ0v) is 29.9. The molecule has 0 unspecified atom stereocenters. The van der Waals surface area contributed by atoms with E-state index in [-0.39, 0.29) is 17.1 Å². The van der Waals surface area contributed by atoms with E-state index in [1.807, 2.05) is 42.5 Å². The predicted molar refractivity (Wildman–Crippen MR) is 200 cm³/mol. The normalized spacial score (nSPS) is 11.6. The second-order valence-electron chi connectivity index (χ2n) is 13.0. The third kappa shape index (κ3) is 13.4. The van der Waals surface area contributed by atoms with Crippen molar-refractivity contribution in [3.63, 3.8) is 0 Å². The standard InChI is InChI=1S/C22H40N.C20H14N4.Fe/c1-2-3-4-5-6-7-8-9-10-11-12-13-14-15-17-20-23-21-18-16-19-22-23;1-2-14-10-16-5-6-18(23-16)12-20-8-7-19(24-20)11-17-4-3-15(22-17)9-13(1)21-14;/h16,18-19,21-22H,2-15,17,20H2,1H3;1-12,21-22H;/q+1;;+2. The van der Waals surface area contributed by atoms with Gasteiger partial charge in [-0.1, -0.05) is 96.5 Å². The SMILES string of the molecule is C1=Cc2cc3ccc(cc4ccc(cc5nc(cc1n2)C=C5)[nH]4)[nH]3.CCCCCCCCCCCCCCCCC[n+]1ccccc1.[Fe+2]. The fraction of sp³-hybridized carbons (Fsp3) is 0.405. The molecular formula is C42H54FeN5+3. The van der Waals surface area contributed by atoms with Crippen molar-refractivity contribution in [1.29, 1.82) is 0 Å². The fourth-order valence-corrected chi connectivity index (χ4v) is 6.19. The van der Waals surface area contributed by atoms with Gasteiger partial charge < -0.3 is 9.97 Å². The third-order valence-corrected chi connectivity index (χ3v) is 8.84. The number of hydrogen-bond acceptors (Lipinski definition) is 2. The first-order chi connectivity index (χ1) is 23.2. The second-order valence-corrected chi connectivity index (χ2v) is 13.0. The first kappa shape index (κ1) is 37.1. The van der Waals surface area contributed by atoms with Crippen LogP contribution in [0.2, 0.25) is 0 Å². The van der Waals surface area contributed by atoms with Crippen LogP contribution in [0.1, 0.15) is 126 Å². The van der Waals surface area contributed by atoms with Crippen molar-refractivity contribution in [3.8, 4) is 0 Å². The van der Waals surface area contributed by atoms with E-state index in [0.29, 0.717) is 0 Å². The Hall–Kier alpha value is -3.73. The fourth-order valence-electron chi connectivity index (χ4n) is 6.19. The minimum atomic E-state index is 0. The van der Waals surface area contributed by atoms with E-state index >= 15 is 0 Å². The maximum absolute atomic E-state index is 4.62. The summed E-state index contributed by atoms with van der Waals surface area (Å²) in [5.74, 6) is 0. The van der Waals surface area contributed by atoms with Crippen molar-refractivity contribution in [1.82, 2.24) is 19.9 Å². The number of fused-ring (bicyclic) bond motifs is 8. The van der Waals surface area contributed by atoms with E-state index in [1.54, 1.807) is 0 Å².